The first kappa shape index (κ1) is 10.7. The number of hydrogen-bond acceptors (Lipinski definition) is 3. The van der Waals surface area contributed by atoms with E-state index in [-0.39, 0.29) is 0 Å². The first-order chi connectivity index (χ1) is 6.11. The molecule has 0 aromatic heterocycles. The van der Waals surface area contributed by atoms with Gasteiger partial charge in [0.1, 0.15) is 0 Å². The highest BCUT2D eigenvalue weighted by Crippen LogP contribution is 2.18. The van der Waals surface area contributed by atoms with Crippen molar-refractivity contribution in [3.05, 3.63) is 0 Å². The van der Waals surface area contributed by atoms with Gasteiger partial charge >= 0.3 is 6.03 Å². The summed E-state index contributed by atoms with van der Waals surface area (Å²) in [6.07, 6.45) is 3.43. The summed E-state index contributed by atoms with van der Waals surface area (Å²) in [6, 6.07) is 0.123. The van der Waals surface area contributed by atoms with Gasteiger partial charge in [0.25, 0.3) is 0 Å². The summed E-state index contributed by atoms with van der Waals surface area (Å²) in [5.41, 5.74) is 5.05. The maximum atomic E-state index is 10.6. The van der Waals surface area contributed by atoms with E-state index >= 15 is 0 Å². The molecule has 76 valence electrons. The molecule has 13 heavy (non-hydrogen) atoms. The second kappa shape index (κ2) is 4.72. The average Bonchev–Trinajstić information content (AvgIpc) is 2.47. The molecule has 1 aliphatic heterocycles. The van der Waals surface area contributed by atoms with Crippen LogP contribution in [-0.2, 0) is 0 Å². The van der Waals surface area contributed by atoms with E-state index in [4.69, 9.17) is 5.73 Å². The summed E-state index contributed by atoms with van der Waals surface area (Å²) in [6.45, 7) is 1.79. The highest BCUT2D eigenvalue weighted by molar-refractivity contribution is 7.78. The molecule has 0 saturated carbocycles. The highest BCUT2D eigenvalue weighted by Gasteiger charge is 2.21. The summed E-state index contributed by atoms with van der Waals surface area (Å²) in [7, 11) is 2.12. The van der Waals surface area contributed by atoms with Gasteiger partial charge in [0.2, 0.25) is 0 Å². The Morgan fingerprint density at radius 3 is 2.92 bits per heavy atom. The van der Waals surface area contributed by atoms with Gasteiger partial charge in [-0.3, -0.25) is 4.31 Å². The number of amides is 2. The smallest absolute Gasteiger partial charge is 0.324 e. The second-order valence-corrected chi connectivity index (χ2v) is 4.01. The molecular formula is C8H17N3OS. The van der Waals surface area contributed by atoms with Crippen molar-refractivity contribution in [1.82, 2.24) is 9.21 Å². The summed E-state index contributed by atoms with van der Waals surface area (Å²) in [5.74, 6) is 0. The third-order valence-electron chi connectivity index (χ3n) is 2.60. The lowest BCUT2D eigenvalue weighted by molar-refractivity contribution is 0.229. The van der Waals surface area contributed by atoms with E-state index in [0.29, 0.717) is 12.6 Å². The van der Waals surface area contributed by atoms with E-state index in [1.165, 1.54) is 17.1 Å². The number of thiol groups is 1. The normalized spacial score (nSPS) is 23.4. The molecule has 4 nitrogen and oxygen atoms in total. The average molecular weight is 203 g/mol. The van der Waals surface area contributed by atoms with Gasteiger partial charge in [-0.25, -0.2) is 4.79 Å². The molecule has 1 rings (SSSR count). The maximum absolute atomic E-state index is 10.6. The van der Waals surface area contributed by atoms with Crippen molar-refractivity contribution < 1.29 is 4.79 Å². The van der Waals surface area contributed by atoms with Crippen molar-refractivity contribution in [2.24, 2.45) is 5.73 Å². The lowest BCUT2D eigenvalue weighted by Crippen LogP contribution is -2.33. The van der Waals surface area contributed by atoms with Crippen LogP contribution in [-0.4, -0.2) is 41.4 Å². The quantitative estimate of drug-likeness (QED) is 0.663. The Hall–Kier alpha value is -0.420. The Bertz CT molecular complexity index is 188. The number of urea groups is 1. The number of rotatable bonds is 3. The van der Waals surface area contributed by atoms with E-state index in [0.717, 1.165) is 13.0 Å². The topological polar surface area (TPSA) is 49.6 Å². The van der Waals surface area contributed by atoms with Crippen LogP contribution in [0.4, 0.5) is 4.79 Å². The fourth-order valence-corrected chi connectivity index (χ4v) is 1.84. The van der Waals surface area contributed by atoms with Crippen LogP contribution in [0.15, 0.2) is 0 Å². The molecule has 0 radical (unpaired) electrons. The maximum Gasteiger partial charge on any atom is 0.324 e. The molecule has 1 aliphatic rings. The van der Waals surface area contributed by atoms with E-state index in [2.05, 4.69) is 24.8 Å². The Labute approximate surface area is 84.6 Å². The third kappa shape index (κ3) is 3.08. The first-order valence-electron chi connectivity index (χ1n) is 4.57. The highest BCUT2D eigenvalue weighted by atomic mass is 32.1. The minimum atomic E-state index is -0.469. The van der Waals surface area contributed by atoms with Crippen LogP contribution in [0, 0.1) is 0 Å². The van der Waals surface area contributed by atoms with Gasteiger partial charge in [0.15, 0.2) is 0 Å². The van der Waals surface area contributed by atoms with E-state index < -0.39 is 6.03 Å². The molecule has 0 aromatic carbocycles. The minimum Gasteiger partial charge on any atom is -0.351 e. The SMILES string of the molecule is CN1CCCC1CCN(S)C(N)=O. The molecule has 2 N–H and O–H groups in total. The molecule has 0 bridgehead atoms. The predicted molar refractivity (Wildman–Crippen MR) is 55.5 cm³/mol. The largest absolute Gasteiger partial charge is 0.351 e. The predicted octanol–water partition coefficient (Wildman–Crippen LogP) is 0.696. The molecule has 2 amide bonds. The second-order valence-electron chi connectivity index (χ2n) is 3.53. The van der Waals surface area contributed by atoms with Gasteiger partial charge < -0.3 is 10.6 Å². The molecule has 1 unspecified atom stereocenters. The van der Waals surface area contributed by atoms with Crippen molar-refractivity contribution in [2.75, 3.05) is 20.1 Å². The monoisotopic (exact) mass is 203 g/mol. The van der Waals surface area contributed by atoms with Crippen molar-refractivity contribution >= 4 is 18.8 Å². The van der Waals surface area contributed by atoms with Gasteiger partial charge in [-0.15, -0.1) is 0 Å². The molecule has 0 spiro atoms. The number of carbonyl (C=O) groups is 1. The van der Waals surface area contributed by atoms with Crippen LogP contribution in [0.1, 0.15) is 19.3 Å². The van der Waals surface area contributed by atoms with Crippen molar-refractivity contribution in [3.63, 3.8) is 0 Å². The summed E-state index contributed by atoms with van der Waals surface area (Å²) < 4.78 is 1.27. The zero-order chi connectivity index (χ0) is 9.84. The zero-order valence-corrected chi connectivity index (χ0v) is 8.83. The van der Waals surface area contributed by atoms with E-state index in [1.807, 2.05) is 0 Å². The number of nitrogens with two attached hydrogens (primary N) is 1. The van der Waals surface area contributed by atoms with Gasteiger partial charge in [0.05, 0.1) is 0 Å². The lowest BCUT2D eigenvalue weighted by Gasteiger charge is -2.21. The molecule has 1 fully saturated rings. The zero-order valence-electron chi connectivity index (χ0n) is 7.94. The Morgan fingerprint density at radius 1 is 1.77 bits per heavy atom. The number of primary amides is 1. The van der Waals surface area contributed by atoms with Crippen molar-refractivity contribution in [1.29, 1.82) is 0 Å². The molecule has 0 aromatic rings. The molecule has 1 atom stereocenters. The summed E-state index contributed by atoms with van der Waals surface area (Å²) in [5, 5.41) is 0. The lowest BCUT2D eigenvalue weighted by atomic mass is 10.1. The summed E-state index contributed by atoms with van der Waals surface area (Å²) in [4.78, 5) is 13.0. The number of hydrogen-bond donors (Lipinski definition) is 2. The Balaban J connectivity index is 2.22. The van der Waals surface area contributed by atoms with E-state index in [1.54, 1.807) is 0 Å². The third-order valence-corrected chi connectivity index (χ3v) is 3.00. The Kier molecular flexibility index (Phi) is 3.87. The molecule has 1 saturated heterocycles. The molecular weight excluding hydrogens is 186 g/mol. The summed E-state index contributed by atoms with van der Waals surface area (Å²) >= 11 is 3.97. The van der Waals surface area contributed by atoms with Crippen LogP contribution in [0.3, 0.4) is 0 Å². The van der Waals surface area contributed by atoms with Gasteiger partial charge in [0, 0.05) is 12.6 Å². The van der Waals surface area contributed by atoms with Crippen LogP contribution < -0.4 is 5.73 Å². The first-order valence-corrected chi connectivity index (χ1v) is 4.97. The standard InChI is InChI=1S/C8H17N3OS/c1-10-5-2-3-7(10)4-6-11(13)8(9)12/h7,13H,2-6H2,1H3,(H2,9,12). The minimum absolute atomic E-state index is 0.469. The number of likely N-dealkylation sites (tertiary alicyclic amines) is 1. The van der Waals surface area contributed by atoms with Gasteiger partial charge in [-0.1, -0.05) is 12.8 Å². The van der Waals surface area contributed by atoms with Gasteiger partial charge in [-0.2, -0.15) is 0 Å². The van der Waals surface area contributed by atoms with E-state index in [9.17, 15) is 4.79 Å². The van der Waals surface area contributed by atoms with Crippen LogP contribution in [0.2, 0.25) is 0 Å². The van der Waals surface area contributed by atoms with Gasteiger partial charge in [-0.05, 0) is 32.9 Å². The van der Waals surface area contributed by atoms with Crippen LogP contribution in [0.5, 0.6) is 0 Å². The molecule has 1 heterocycles. The molecule has 0 aliphatic carbocycles. The van der Waals surface area contributed by atoms with Crippen LogP contribution >= 0.6 is 12.8 Å². The fourth-order valence-electron chi connectivity index (χ4n) is 1.73. The van der Waals surface area contributed by atoms with Crippen molar-refractivity contribution in [2.45, 2.75) is 25.3 Å². The van der Waals surface area contributed by atoms with Crippen LogP contribution in [0.25, 0.3) is 0 Å². The number of nitrogens with zero attached hydrogens (tertiary/aromatic N) is 2. The molecule has 5 heteroatoms. The van der Waals surface area contributed by atoms with Crippen molar-refractivity contribution in [3.8, 4) is 0 Å². The Morgan fingerprint density at radius 2 is 2.46 bits per heavy atom. The fraction of sp³-hybridized carbons (Fsp3) is 0.875. The number of carbonyl (C=O) groups excluding carboxylic acids is 1.